The smallest absolute Gasteiger partial charge is 0.190 e. The zero-order chi connectivity index (χ0) is 16.7. The van der Waals surface area contributed by atoms with Crippen molar-refractivity contribution in [2.24, 2.45) is 0 Å². The molecule has 0 atom stereocenters. The molecule has 124 valence electrons. The van der Waals surface area contributed by atoms with Crippen LogP contribution in [0.3, 0.4) is 0 Å². The van der Waals surface area contributed by atoms with Crippen molar-refractivity contribution in [2.45, 2.75) is 30.8 Å². The van der Waals surface area contributed by atoms with Gasteiger partial charge in [0.25, 0.3) is 0 Å². The van der Waals surface area contributed by atoms with Crippen LogP contribution in [0.1, 0.15) is 23.3 Å². The normalized spacial score (nSPS) is 13.9. The Morgan fingerprint density at radius 2 is 1.88 bits per heavy atom. The Labute approximate surface area is 149 Å². The van der Waals surface area contributed by atoms with Gasteiger partial charge >= 0.3 is 0 Å². The van der Waals surface area contributed by atoms with E-state index in [0.717, 1.165) is 34.3 Å². The van der Waals surface area contributed by atoms with Crippen molar-refractivity contribution in [3.63, 3.8) is 0 Å². The van der Waals surface area contributed by atoms with E-state index in [-0.39, 0.29) is 5.75 Å². The molecule has 0 unspecified atom stereocenters. The minimum Gasteiger partial charge on any atom is -0.508 e. The second kappa shape index (κ2) is 6.26. The van der Waals surface area contributed by atoms with Crippen LogP contribution >= 0.6 is 23.1 Å². The monoisotopic (exact) mass is 357 g/mol. The van der Waals surface area contributed by atoms with Gasteiger partial charge in [-0.3, -0.25) is 0 Å². The maximum atomic E-state index is 9.54. The number of hydrogen-bond donors (Lipinski definition) is 1. The maximum absolute atomic E-state index is 9.54. The van der Waals surface area contributed by atoms with E-state index in [1.54, 1.807) is 23.9 Å². The first-order valence-electron chi connectivity index (χ1n) is 8.06. The van der Waals surface area contributed by atoms with Crippen LogP contribution in [0.15, 0.2) is 29.4 Å². The summed E-state index contributed by atoms with van der Waals surface area (Å²) in [5.41, 5.74) is 2.45. The van der Waals surface area contributed by atoms with Gasteiger partial charge in [-0.1, -0.05) is 11.8 Å². The van der Waals surface area contributed by atoms with Crippen molar-refractivity contribution in [3.05, 3.63) is 34.7 Å². The molecule has 1 N–H and O–H groups in total. The van der Waals surface area contributed by atoms with E-state index in [0.29, 0.717) is 0 Å². The minimum atomic E-state index is 0.276. The Bertz CT molecular complexity index is 889. The third-order valence-corrected chi connectivity index (χ3v) is 6.25. The Kier molecular flexibility index (Phi) is 4.10. The summed E-state index contributed by atoms with van der Waals surface area (Å²) in [5.74, 6) is 1.24. The van der Waals surface area contributed by atoms with Gasteiger partial charge in [0.05, 0.1) is 5.39 Å². The fraction of sp³-hybridized carbons (Fsp3) is 0.333. The molecule has 0 saturated heterocycles. The number of anilines is 2. The highest BCUT2D eigenvalue weighted by atomic mass is 32.2. The van der Waals surface area contributed by atoms with Crippen molar-refractivity contribution in [1.82, 2.24) is 9.97 Å². The van der Waals surface area contributed by atoms with Crippen LogP contribution in [-0.4, -0.2) is 28.4 Å². The fourth-order valence-electron chi connectivity index (χ4n) is 3.25. The highest BCUT2D eigenvalue weighted by Gasteiger charge is 2.23. The summed E-state index contributed by atoms with van der Waals surface area (Å²) in [7, 11) is 2.03. The van der Waals surface area contributed by atoms with Crippen LogP contribution in [0, 0.1) is 0 Å². The molecule has 2 heterocycles. The van der Waals surface area contributed by atoms with Gasteiger partial charge in [0.1, 0.15) is 16.4 Å². The van der Waals surface area contributed by atoms with Gasteiger partial charge in [0, 0.05) is 17.6 Å². The van der Waals surface area contributed by atoms with Crippen LogP contribution in [0.2, 0.25) is 0 Å². The molecule has 0 spiro atoms. The molecule has 2 aromatic heterocycles. The Balaban J connectivity index is 1.92. The van der Waals surface area contributed by atoms with Gasteiger partial charge in [-0.25, -0.2) is 9.97 Å². The van der Waals surface area contributed by atoms with Crippen molar-refractivity contribution >= 4 is 44.8 Å². The minimum absolute atomic E-state index is 0.276. The lowest BCUT2D eigenvalue weighted by molar-refractivity contribution is 0.475. The number of phenols is 1. The molecule has 4 rings (SSSR count). The number of aromatic nitrogens is 2. The van der Waals surface area contributed by atoms with Crippen LogP contribution in [0.5, 0.6) is 5.75 Å². The number of rotatable bonds is 3. The van der Waals surface area contributed by atoms with Gasteiger partial charge in [-0.15, -0.1) is 11.3 Å². The molecule has 0 fully saturated rings. The topological polar surface area (TPSA) is 49.2 Å². The van der Waals surface area contributed by atoms with Gasteiger partial charge in [-0.05, 0) is 61.8 Å². The number of nitrogens with zero attached hydrogens (tertiary/aromatic N) is 3. The highest BCUT2D eigenvalue weighted by Crippen LogP contribution is 2.41. The van der Waals surface area contributed by atoms with Gasteiger partial charge in [0.15, 0.2) is 5.16 Å². The SMILES string of the molecule is CSc1nc(N(C)c2ccc(O)cc2)c2c3c(sc2n1)CCCC3. The summed E-state index contributed by atoms with van der Waals surface area (Å²) in [5, 5.41) is 11.6. The molecule has 1 aliphatic rings. The van der Waals surface area contributed by atoms with Crippen LogP contribution in [0.4, 0.5) is 11.5 Å². The number of thioether (sulfide) groups is 1. The van der Waals surface area contributed by atoms with Crippen molar-refractivity contribution in [1.29, 1.82) is 0 Å². The van der Waals surface area contributed by atoms with E-state index in [1.165, 1.54) is 28.7 Å². The summed E-state index contributed by atoms with van der Waals surface area (Å²) < 4.78 is 0. The van der Waals surface area contributed by atoms with Crippen molar-refractivity contribution in [3.8, 4) is 5.75 Å². The molecule has 4 nitrogen and oxygen atoms in total. The van der Waals surface area contributed by atoms with E-state index in [1.807, 2.05) is 36.8 Å². The number of fused-ring (bicyclic) bond motifs is 3. The van der Waals surface area contributed by atoms with E-state index >= 15 is 0 Å². The number of aryl methyl sites for hydroxylation is 2. The Hall–Kier alpha value is -1.79. The molecule has 0 bridgehead atoms. The first kappa shape index (κ1) is 15.7. The predicted octanol–water partition coefficient (Wildman–Crippen LogP) is 4.77. The fourth-order valence-corrected chi connectivity index (χ4v) is 4.93. The maximum Gasteiger partial charge on any atom is 0.190 e. The van der Waals surface area contributed by atoms with Crippen LogP contribution in [0.25, 0.3) is 10.2 Å². The number of thiophene rings is 1. The third-order valence-electron chi connectivity index (χ3n) is 4.51. The van der Waals surface area contributed by atoms with E-state index in [9.17, 15) is 5.11 Å². The molecule has 24 heavy (non-hydrogen) atoms. The summed E-state index contributed by atoms with van der Waals surface area (Å²) >= 11 is 3.40. The first-order valence-corrected chi connectivity index (χ1v) is 10.1. The average Bonchev–Trinajstić information content (AvgIpc) is 2.99. The zero-order valence-corrected chi connectivity index (χ0v) is 15.4. The summed E-state index contributed by atoms with van der Waals surface area (Å²) in [6.07, 6.45) is 6.80. The number of hydrogen-bond acceptors (Lipinski definition) is 6. The highest BCUT2D eigenvalue weighted by molar-refractivity contribution is 7.98. The van der Waals surface area contributed by atoms with E-state index in [4.69, 9.17) is 9.97 Å². The molecule has 3 aromatic rings. The summed E-state index contributed by atoms with van der Waals surface area (Å²) in [6.45, 7) is 0. The van der Waals surface area contributed by atoms with Crippen LogP contribution < -0.4 is 4.90 Å². The Morgan fingerprint density at radius 3 is 2.62 bits per heavy atom. The lowest BCUT2D eigenvalue weighted by atomic mass is 9.97. The van der Waals surface area contributed by atoms with Crippen molar-refractivity contribution < 1.29 is 5.11 Å². The van der Waals surface area contributed by atoms with E-state index in [2.05, 4.69) is 4.90 Å². The molecule has 6 heteroatoms. The third kappa shape index (κ3) is 2.63. The largest absolute Gasteiger partial charge is 0.508 e. The first-order chi connectivity index (χ1) is 11.7. The lowest BCUT2D eigenvalue weighted by Gasteiger charge is -2.21. The van der Waals surface area contributed by atoms with Crippen LogP contribution in [-0.2, 0) is 12.8 Å². The predicted molar refractivity (Wildman–Crippen MR) is 102 cm³/mol. The van der Waals surface area contributed by atoms with E-state index < -0.39 is 0 Å². The number of benzene rings is 1. The quantitative estimate of drug-likeness (QED) is 0.541. The molecule has 0 aliphatic heterocycles. The van der Waals surface area contributed by atoms with Gasteiger partial charge in [0.2, 0.25) is 0 Å². The summed E-state index contributed by atoms with van der Waals surface area (Å²) in [4.78, 5) is 14.3. The number of aromatic hydroxyl groups is 1. The second-order valence-electron chi connectivity index (χ2n) is 6.00. The Morgan fingerprint density at radius 1 is 1.12 bits per heavy atom. The standard InChI is InChI=1S/C18H19N3OS2/c1-21(11-7-9-12(22)10-8-11)16-15-13-5-3-4-6-14(13)24-17(15)20-18(19-16)23-2/h7-10,22H,3-6H2,1-2H3. The molecule has 0 radical (unpaired) electrons. The zero-order valence-electron chi connectivity index (χ0n) is 13.7. The van der Waals surface area contributed by atoms with Gasteiger partial charge in [-0.2, -0.15) is 0 Å². The average molecular weight is 358 g/mol. The molecule has 0 saturated carbocycles. The molecule has 0 amide bonds. The number of phenolic OH excluding ortho intramolecular Hbond substituents is 1. The van der Waals surface area contributed by atoms with Gasteiger partial charge < -0.3 is 10.0 Å². The molecule has 1 aliphatic carbocycles. The summed E-state index contributed by atoms with van der Waals surface area (Å²) in [6, 6.07) is 7.26. The molecular weight excluding hydrogens is 338 g/mol. The second-order valence-corrected chi connectivity index (χ2v) is 7.86. The lowest BCUT2D eigenvalue weighted by Crippen LogP contribution is -2.13. The molecule has 1 aromatic carbocycles. The molecular formula is C18H19N3OS2. The van der Waals surface area contributed by atoms with Crippen molar-refractivity contribution in [2.75, 3.05) is 18.2 Å².